The van der Waals surface area contributed by atoms with E-state index in [0.717, 1.165) is 34.7 Å². The third-order valence-corrected chi connectivity index (χ3v) is 16.8. The molecular weight excluding hydrogens is 959 g/mol. The smallest absolute Gasteiger partial charge is 0.253 e. The molecule has 1 unspecified atom stereocenters. The van der Waals surface area contributed by atoms with Crippen LogP contribution in [0.3, 0.4) is 0 Å². The van der Waals surface area contributed by atoms with Crippen LogP contribution in [0.1, 0.15) is 109 Å². The molecule has 8 rings (SSSR count). The number of nitrogens with one attached hydrogen (secondary N) is 3. The van der Waals surface area contributed by atoms with E-state index < -0.39 is 18.1 Å². The van der Waals surface area contributed by atoms with E-state index in [9.17, 15) is 28.8 Å². The first-order valence-electron chi connectivity index (χ1n) is 28.1. The van der Waals surface area contributed by atoms with Gasteiger partial charge in [0.25, 0.3) is 11.8 Å². The molecule has 6 amide bonds. The fourth-order valence-electron chi connectivity index (χ4n) is 11.7. The van der Waals surface area contributed by atoms with Crippen LogP contribution in [0.15, 0.2) is 97.1 Å². The van der Waals surface area contributed by atoms with Gasteiger partial charge >= 0.3 is 0 Å². The van der Waals surface area contributed by atoms with Crippen molar-refractivity contribution in [1.82, 2.24) is 35.6 Å². The zero-order chi connectivity index (χ0) is 53.7. The Bertz CT molecular complexity index is 2620. The number of ether oxygens (including phenoxy) is 2. The van der Waals surface area contributed by atoms with E-state index in [1.54, 1.807) is 20.9 Å². The molecule has 4 fully saturated rings. The van der Waals surface area contributed by atoms with E-state index in [2.05, 4.69) is 54.1 Å². The molecule has 0 aliphatic carbocycles. The van der Waals surface area contributed by atoms with Gasteiger partial charge in [0.05, 0.1) is 18.1 Å². The maximum atomic E-state index is 15.0. The molecule has 0 saturated carbocycles. The maximum absolute atomic E-state index is 15.0. The van der Waals surface area contributed by atoms with Crippen LogP contribution >= 0.6 is 0 Å². The minimum absolute atomic E-state index is 0. The van der Waals surface area contributed by atoms with Crippen LogP contribution in [0.2, 0.25) is 0 Å². The molecule has 4 saturated heterocycles. The molecule has 4 heterocycles. The highest BCUT2D eigenvalue weighted by Gasteiger charge is 2.44. The summed E-state index contributed by atoms with van der Waals surface area (Å²) in [5, 5.41) is 10.8. The molecule has 0 aromatic heterocycles. The summed E-state index contributed by atoms with van der Waals surface area (Å²) < 4.78 is 11.3. The van der Waals surface area contributed by atoms with Crippen LogP contribution in [0.4, 0.5) is 0 Å². The molecule has 4 aliphatic rings. The Balaban J connectivity index is 0.00000383. The van der Waals surface area contributed by atoms with Crippen molar-refractivity contribution in [3.63, 3.8) is 0 Å². The number of rotatable bonds is 21. The first-order chi connectivity index (χ1) is 36.8. The number of carbonyl (C=O) groups excluding carboxylic acids is 6. The van der Waals surface area contributed by atoms with E-state index in [0.29, 0.717) is 115 Å². The van der Waals surface area contributed by atoms with E-state index >= 15 is 0 Å². The largest absolute Gasteiger partial charge is 0.381 e. The summed E-state index contributed by atoms with van der Waals surface area (Å²) in [6, 6.07) is 29.1. The van der Waals surface area contributed by atoms with Crippen LogP contribution in [-0.2, 0) is 41.5 Å². The number of nitrogens with zero attached hydrogens (tertiary/aromatic N) is 4. The van der Waals surface area contributed by atoms with Gasteiger partial charge in [0.1, 0.15) is 12.1 Å². The molecule has 414 valence electrons. The van der Waals surface area contributed by atoms with Crippen molar-refractivity contribution in [2.75, 3.05) is 72.7 Å². The number of likely N-dealkylation sites (N-methyl/N-ethyl adjacent to an activating group) is 1. The van der Waals surface area contributed by atoms with Gasteiger partial charge in [0.15, 0.2) is 0 Å². The van der Waals surface area contributed by atoms with Gasteiger partial charge in [0.2, 0.25) is 23.6 Å². The molecule has 7 atom stereocenters. The second kappa shape index (κ2) is 26.7. The molecule has 76 heavy (non-hydrogen) atoms. The van der Waals surface area contributed by atoms with Crippen LogP contribution < -0.4 is 16.0 Å². The summed E-state index contributed by atoms with van der Waals surface area (Å²) in [6.45, 7) is 12.7. The monoisotopic (exact) mass is 1050 g/mol. The number of amides is 6. The van der Waals surface area contributed by atoms with E-state index in [4.69, 9.17) is 9.47 Å². The first kappa shape index (κ1) is 56.1. The Kier molecular flexibility index (Phi) is 19.7. The molecule has 4 aliphatic heterocycles. The lowest BCUT2D eigenvalue weighted by Gasteiger charge is -2.37. The number of hydrogen-bond acceptors (Lipinski definition) is 9. The van der Waals surface area contributed by atoms with E-state index in [-0.39, 0.29) is 81.9 Å². The molecule has 4 aromatic rings. The summed E-state index contributed by atoms with van der Waals surface area (Å²) in [7, 11) is 1.73. The van der Waals surface area contributed by atoms with E-state index in [1.807, 2.05) is 92.4 Å². The normalized spacial score (nSPS) is 21.4. The summed E-state index contributed by atoms with van der Waals surface area (Å²) in [5.74, 6) is -0.711. The molecule has 0 bridgehead atoms. The van der Waals surface area contributed by atoms with Crippen LogP contribution in [0.5, 0.6) is 0 Å². The molecule has 0 spiro atoms. The van der Waals surface area contributed by atoms with Crippen molar-refractivity contribution in [1.29, 1.82) is 0 Å². The third kappa shape index (κ3) is 13.9. The highest BCUT2D eigenvalue weighted by molar-refractivity contribution is 6.02. The topological polar surface area (TPSA) is 170 Å². The zero-order valence-electron chi connectivity index (χ0n) is 45.4. The number of carbonyl (C=O) groups is 6. The van der Waals surface area contributed by atoms with Gasteiger partial charge < -0.3 is 45.0 Å². The lowest BCUT2D eigenvalue weighted by Crippen LogP contribution is -2.58. The Morgan fingerprint density at radius 3 is 1.43 bits per heavy atom. The van der Waals surface area contributed by atoms with Gasteiger partial charge in [0, 0.05) is 87.5 Å². The van der Waals surface area contributed by atoms with Crippen molar-refractivity contribution >= 4 is 46.2 Å². The molecule has 15 heteroatoms. The summed E-state index contributed by atoms with van der Waals surface area (Å²) >= 11 is 0. The Morgan fingerprint density at radius 1 is 0.605 bits per heavy atom. The molecule has 0 radical (unpaired) electrons. The number of fused-ring (bicyclic) bond motifs is 1. The average Bonchev–Trinajstić information content (AvgIpc) is 4.10. The Labute approximate surface area is 454 Å². The molecular formula is C61H87N7O8. The first-order valence-corrected chi connectivity index (χ1v) is 28.1. The van der Waals surface area contributed by atoms with Crippen LogP contribution in [0.25, 0.3) is 10.8 Å². The number of likely N-dealkylation sites (tertiary alicyclic amines) is 2. The molecule has 4 aromatic carbocycles. The fourth-order valence-corrected chi connectivity index (χ4v) is 11.7. The third-order valence-electron chi connectivity index (χ3n) is 16.8. The van der Waals surface area contributed by atoms with E-state index in [1.165, 1.54) is 0 Å². The lowest BCUT2D eigenvalue weighted by molar-refractivity contribution is -0.140. The predicted octanol–water partition coefficient (Wildman–Crippen LogP) is 7.26. The van der Waals surface area contributed by atoms with Gasteiger partial charge in [-0.25, -0.2) is 0 Å². The highest BCUT2D eigenvalue weighted by atomic mass is 16.5. The SMILES string of the molecule is CCC(=O)N[C@H](C(=O)N1CCC(C)[C@H]1CN(CCc1ccccc1)C(=O)c1ccc2cc(C(=O)N(CCc3ccccc3)C[C@@H]3[C@@H](C)CCN3C(=O)[C@@H](NC(=O)[C@H](C)NC)C3CCOCC3)ccc2c1)C1CCOCC1.[HH].[HH].[HH]. The van der Waals surface area contributed by atoms with Gasteiger partial charge in [-0.3, -0.25) is 28.8 Å². The summed E-state index contributed by atoms with van der Waals surface area (Å²) in [4.78, 5) is 93.0. The predicted molar refractivity (Wildman–Crippen MR) is 301 cm³/mol. The maximum Gasteiger partial charge on any atom is 0.253 e. The van der Waals surface area contributed by atoms with Crippen molar-refractivity contribution < 1.29 is 42.5 Å². The van der Waals surface area contributed by atoms with Crippen molar-refractivity contribution in [2.24, 2.45) is 23.7 Å². The quantitative estimate of drug-likeness (QED) is 0.0778. The molecule has 3 N–H and O–H groups in total. The van der Waals surface area contributed by atoms with Gasteiger partial charge in [-0.1, -0.05) is 93.6 Å². The zero-order valence-corrected chi connectivity index (χ0v) is 45.4. The molecule has 15 nitrogen and oxygen atoms in total. The van der Waals surface area contributed by atoms with Crippen molar-refractivity contribution in [3.8, 4) is 0 Å². The highest BCUT2D eigenvalue weighted by Crippen LogP contribution is 2.32. The fraction of sp³-hybridized carbons (Fsp3) is 0.541. The van der Waals surface area contributed by atoms with Gasteiger partial charge in [-0.05, 0) is 135 Å². The second-order valence-corrected chi connectivity index (χ2v) is 21.8. The van der Waals surface area contributed by atoms with Gasteiger partial charge in [-0.15, -0.1) is 0 Å². The second-order valence-electron chi connectivity index (χ2n) is 21.8. The average molecular weight is 1050 g/mol. The standard InChI is InChI=1S/C61H81N7O8.3H2/c1-6-54(69)63-55(46-25-33-75-34-26-46)60(73)67-31-21-41(2)52(67)39-65(29-23-44-13-9-7-10-14-44)58(71)50-19-17-49-38-51(20-18-48(49)37-50)59(72)66(30-24-45-15-11-8-12-16-45)40-53-42(3)22-32-68(53)61(74)56(47-27-35-76-36-28-47)64-57(70)43(4)62-5;;;/h7-20,37-38,41-43,46-47,52-53,55-56,62H,6,21-36,39-40H2,1-5H3,(H,63,69)(H,64,70);3*1H/t41?,42-,43-,52+,53+,55-,56-;;;/m0.../s1. The van der Waals surface area contributed by atoms with Gasteiger partial charge in [-0.2, -0.15) is 0 Å². The Hall–Kier alpha value is -6.16. The Morgan fingerprint density at radius 2 is 1.03 bits per heavy atom. The lowest BCUT2D eigenvalue weighted by atomic mass is 9.90. The minimum Gasteiger partial charge on any atom is -0.381 e. The van der Waals surface area contributed by atoms with Crippen LogP contribution in [-0.4, -0.2) is 158 Å². The summed E-state index contributed by atoms with van der Waals surface area (Å²) in [6.07, 6.45) is 5.85. The van der Waals surface area contributed by atoms with Crippen LogP contribution in [0, 0.1) is 23.7 Å². The minimum atomic E-state index is -0.701. The number of benzene rings is 4. The van der Waals surface area contributed by atoms with Crippen molar-refractivity contribution in [2.45, 2.75) is 116 Å². The van der Waals surface area contributed by atoms with Crippen molar-refractivity contribution in [3.05, 3.63) is 119 Å². The number of hydrogen-bond donors (Lipinski definition) is 3. The summed E-state index contributed by atoms with van der Waals surface area (Å²) in [5.41, 5.74) is 3.23.